The summed E-state index contributed by atoms with van der Waals surface area (Å²) in [6.45, 7) is 2.20. The van der Waals surface area contributed by atoms with Gasteiger partial charge in [-0.15, -0.1) is 11.3 Å². The minimum Gasteiger partial charge on any atom is -0.467 e. The van der Waals surface area contributed by atoms with E-state index in [0.717, 1.165) is 16.6 Å². The zero-order valence-corrected chi connectivity index (χ0v) is 12.9. The van der Waals surface area contributed by atoms with Crippen LogP contribution in [0.5, 0.6) is 5.88 Å². The Morgan fingerprint density at radius 1 is 1.43 bits per heavy atom. The Bertz CT molecular complexity index is 628. The molecule has 1 saturated carbocycles. The molecule has 0 bridgehead atoms. The van der Waals surface area contributed by atoms with Crippen molar-refractivity contribution in [3.8, 4) is 5.88 Å². The standard InChI is InChI=1S/C15H19N3O2S/c1-10-4-2-3-5-12(10)18-13(19)8-20-14-11-6-7-21-15(11)17-9-16-14/h6-7,9-10,12H,2-5,8H2,1H3,(H,18,19)/t10-,12+/m1/s1. The van der Waals surface area contributed by atoms with Crippen LogP contribution in [0.2, 0.25) is 0 Å². The Kier molecular flexibility index (Phi) is 4.34. The van der Waals surface area contributed by atoms with E-state index in [0.29, 0.717) is 11.8 Å². The number of nitrogens with one attached hydrogen (secondary N) is 1. The van der Waals surface area contributed by atoms with Crippen LogP contribution in [0, 0.1) is 5.92 Å². The zero-order chi connectivity index (χ0) is 14.7. The van der Waals surface area contributed by atoms with Gasteiger partial charge in [0.1, 0.15) is 11.2 Å². The molecule has 0 spiro atoms. The molecule has 112 valence electrons. The minimum absolute atomic E-state index is 0.00514. The lowest BCUT2D eigenvalue weighted by Crippen LogP contribution is -2.43. The van der Waals surface area contributed by atoms with Gasteiger partial charge >= 0.3 is 0 Å². The number of rotatable bonds is 4. The highest BCUT2D eigenvalue weighted by Crippen LogP contribution is 2.26. The van der Waals surface area contributed by atoms with E-state index in [2.05, 4.69) is 22.2 Å². The predicted octanol–water partition coefficient (Wildman–Crippen LogP) is 2.77. The van der Waals surface area contributed by atoms with E-state index < -0.39 is 0 Å². The SMILES string of the molecule is C[C@@H]1CCCC[C@@H]1NC(=O)COc1ncnc2sccc12. The van der Waals surface area contributed by atoms with Crippen LogP contribution in [-0.2, 0) is 4.79 Å². The molecule has 0 aromatic carbocycles. The number of ether oxygens (including phenoxy) is 1. The second-order valence-electron chi connectivity index (χ2n) is 5.54. The van der Waals surface area contributed by atoms with Gasteiger partial charge in [-0.3, -0.25) is 4.79 Å². The van der Waals surface area contributed by atoms with Crippen molar-refractivity contribution < 1.29 is 9.53 Å². The first kappa shape index (κ1) is 14.3. The number of carbonyl (C=O) groups excluding carboxylic acids is 1. The Morgan fingerprint density at radius 3 is 3.14 bits per heavy atom. The highest BCUT2D eigenvalue weighted by molar-refractivity contribution is 7.16. The summed E-state index contributed by atoms with van der Waals surface area (Å²) in [7, 11) is 0. The van der Waals surface area contributed by atoms with Crippen LogP contribution in [0.1, 0.15) is 32.6 Å². The molecule has 2 heterocycles. The van der Waals surface area contributed by atoms with Crippen molar-refractivity contribution in [1.29, 1.82) is 0 Å². The smallest absolute Gasteiger partial charge is 0.258 e. The Hall–Kier alpha value is -1.69. The van der Waals surface area contributed by atoms with Crippen molar-refractivity contribution in [2.75, 3.05) is 6.61 Å². The van der Waals surface area contributed by atoms with Gasteiger partial charge < -0.3 is 10.1 Å². The maximum Gasteiger partial charge on any atom is 0.258 e. The Labute approximate surface area is 127 Å². The summed E-state index contributed by atoms with van der Waals surface area (Å²) in [5.74, 6) is 0.953. The fourth-order valence-electron chi connectivity index (χ4n) is 2.80. The third-order valence-electron chi connectivity index (χ3n) is 4.02. The average Bonchev–Trinajstić information content (AvgIpc) is 2.96. The fourth-order valence-corrected chi connectivity index (χ4v) is 3.52. The first-order valence-electron chi connectivity index (χ1n) is 7.34. The van der Waals surface area contributed by atoms with Gasteiger partial charge in [0.2, 0.25) is 5.88 Å². The lowest BCUT2D eigenvalue weighted by Gasteiger charge is -2.29. The molecule has 1 N–H and O–H groups in total. The molecule has 0 radical (unpaired) electrons. The lowest BCUT2D eigenvalue weighted by molar-refractivity contribution is -0.124. The molecule has 6 heteroatoms. The first-order valence-corrected chi connectivity index (χ1v) is 8.22. The molecule has 21 heavy (non-hydrogen) atoms. The Balaban J connectivity index is 1.57. The molecule has 0 saturated heterocycles. The largest absolute Gasteiger partial charge is 0.467 e. The second-order valence-corrected chi connectivity index (χ2v) is 6.44. The van der Waals surface area contributed by atoms with Crippen molar-refractivity contribution in [3.63, 3.8) is 0 Å². The quantitative estimate of drug-likeness (QED) is 0.943. The summed E-state index contributed by atoms with van der Waals surface area (Å²) in [4.78, 5) is 21.2. The van der Waals surface area contributed by atoms with Crippen LogP contribution in [0.25, 0.3) is 10.2 Å². The predicted molar refractivity (Wildman–Crippen MR) is 82.5 cm³/mol. The molecule has 1 aliphatic rings. The van der Waals surface area contributed by atoms with Gasteiger partial charge in [0.05, 0.1) is 5.39 Å². The van der Waals surface area contributed by atoms with E-state index in [4.69, 9.17) is 4.74 Å². The topological polar surface area (TPSA) is 64.1 Å². The molecular formula is C15H19N3O2S. The van der Waals surface area contributed by atoms with Crippen molar-refractivity contribution in [1.82, 2.24) is 15.3 Å². The molecule has 1 amide bonds. The number of fused-ring (bicyclic) bond motifs is 1. The molecule has 5 nitrogen and oxygen atoms in total. The van der Waals surface area contributed by atoms with Crippen LogP contribution in [0.15, 0.2) is 17.8 Å². The molecule has 0 unspecified atom stereocenters. The third kappa shape index (κ3) is 3.32. The summed E-state index contributed by atoms with van der Waals surface area (Å²) < 4.78 is 5.56. The number of carbonyl (C=O) groups is 1. The van der Waals surface area contributed by atoms with Crippen LogP contribution >= 0.6 is 11.3 Å². The van der Waals surface area contributed by atoms with Crippen LogP contribution in [0.4, 0.5) is 0 Å². The monoisotopic (exact) mass is 305 g/mol. The Morgan fingerprint density at radius 2 is 2.29 bits per heavy atom. The average molecular weight is 305 g/mol. The summed E-state index contributed by atoms with van der Waals surface area (Å²) in [6, 6.07) is 2.19. The number of amides is 1. The minimum atomic E-state index is -0.0734. The number of nitrogens with zero attached hydrogens (tertiary/aromatic N) is 2. The van der Waals surface area contributed by atoms with E-state index in [1.165, 1.54) is 36.9 Å². The summed E-state index contributed by atoms with van der Waals surface area (Å²) in [5, 5.41) is 5.88. The normalized spacial score (nSPS) is 22.1. The summed E-state index contributed by atoms with van der Waals surface area (Å²) in [6.07, 6.45) is 6.18. The van der Waals surface area contributed by atoms with Gasteiger partial charge in [0, 0.05) is 6.04 Å². The summed E-state index contributed by atoms with van der Waals surface area (Å²) >= 11 is 1.53. The third-order valence-corrected chi connectivity index (χ3v) is 4.84. The molecular weight excluding hydrogens is 286 g/mol. The van der Waals surface area contributed by atoms with Gasteiger partial charge in [-0.2, -0.15) is 0 Å². The first-order chi connectivity index (χ1) is 10.2. The molecule has 3 rings (SSSR count). The van der Waals surface area contributed by atoms with Crippen molar-refractivity contribution in [2.45, 2.75) is 38.6 Å². The van der Waals surface area contributed by atoms with E-state index in [-0.39, 0.29) is 18.6 Å². The van der Waals surface area contributed by atoms with Gasteiger partial charge in [0.25, 0.3) is 5.91 Å². The van der Waals surface area contributed by atoms with E-state index >= 15 is 0 Å². The number of hydrogen-bond acceptors (Lipinski definition) is 5. The van der Waals surface area contributed by atoms with Gasteiger partial charge in [-0.1, -0.05) is 19.8 Å². The number of hydrogen-bond donors (Lipinski definition) is 1. The van der Waals surface area contributed by atoms with Crippen molar-refractivity contribution in [3.05, 3.63) is 17.8 Å². The lowest BCUT2D eigenvalue weighted by atomic mass is 9.86. The molecule has 2 atom stereocenters. The van der Waals surface area contributed by atoms with Gasteiger partial charge in [-0.25, -0.2) is 9.97 Å². The molecule has 1 aliphatic carbocycles. The maximum absolute atomic E-state index is 12.0. The molecule has 0 aliphatic heterocycles. The zero-order valence-electron chi connectivity index (χ0n) is 12.0. The highest BCUT2D eigenvalue weighted by atomic mass is 32.1. The van der Waals surface area contributed by atoms with Crippen LogP contribution in [0.3, 0.4) is 0 Å². The van der Waals surface area contributed by atoms with Crippen molar-refractivity contribution in [2.24, 2.45) is 5.92 Å². The molecule has 2 aromatic rings. The van der Waals surface area contributed by atoms with E-state index in [9.17, 15) is 4.79 Å². The number of thiophene rings is 1. The van der Waals surface area contributed by atoms with E-state index in [1.54, 1.807) is 0 Å². The highest BCUT2D eigenvalue weighted by Gasteiger charge is 2.23. The van der Waals surface area contributed by atoms with Crippen molar-refractivity contribution >= 4 is 27.5 Å². The summed E-state index contributed by atoms with van der Waals surface area (Å²) in [5.41, 5.74) is 0. The van der Waals surface area contributed by atoms with Gasteiger partial charge in [0.15, 0.2) is 6.61 Å². The second kappa shape index (κ2) is 6.39. The van der Waals surface area contributed by atoms with Crippen LogP contribution < -0.4 is 10.1 Å². The van der Waals surface area contributed by atoms with Gasteiger partial charge in [-0.05, 0) is 30.2 Å². The molecule has 1 fully saturated rings. The maximum atomic E-state index is 12.0. The fraction of sp³-hybridized carbons (Fsp3) is 0.533. The number of aromatic nitrogens is 2. The molecule has 2 aromatic heterocycles. The van der Waals surface area contributed by atoms with Crippen LogP contribution in [-0.4, -0.2) is 28.5 Å². The van der Waals surface area contributed by atoms with E-state index in [1.807, 2.05) is 11.4 Å².